The lowest BCUT2D eigenvalue weighted by molar-refractivity contribution is -0.402. The zero-order valence-electron chi connectivity index (χ0n) is 19.3. The second-order valence-electron chi connectivity index (χ2n) is 9.27. The molecule has 2 saturated carbocycles. The SMILES string of the molecule is O=[N+]([O-])c1ccc(C=Nn2c(-c3ccc(C4CCCCC4)cc3)csc2=NC2CCCCC2)o1. The smallest absolute Gasteiger partial charge is 0.400 e. The van der Waals surface area contributed by atoms with Gasteiger partial charge in [-0.3, -0.25) is 15.1 Å². The van der Waals surface area contributed by atoms with E-state index in [1.165, 1.54) is 69.2 Å². The maximum absolute atomic E-state index is 11.0. The van der Waals surface area contributed by atoms with Gasteiger partial charge in [0, 0.05) is 10.9 Å². The summed E-state index contributed by atoms with van der Waals surface area (Å²) in [6.45, 7) is 0. The molecule has 3 aromatic rings. The van der Waals surface area contributed by atoms with Crippen molar-refractivity contribution in [3.8, 4) is 11.3 Å². The zero-order valence-corrected chi connectivity index (χ0v) is 20.1. The lowest BCUT2D eigenvalue weighted by atomic mass is 9.84. The van der Waals surface area contributed by atoms with Crippen LogP contribution in [-0.2, 0) is 0 Å². The molecule has 5 rings (SSSR count). The van der Waals surface area contributed by atoms with E-state index < -0.39 is 4.92 Å². The summed E-state index contributed by atoms with van der Waals surface area (Å²) in [5.74, 6) is 0.719. The highest BCUT2D eigenvalue weighted by Crippen LogP contribution is 2.33. The van der Waals surface area contributed by atoms with E-state index in [1.54, 1.807) is 17.4 Å². The van der Waals surface area contributed by atoms with Crippen molar-refractivity contribution in [1.29, 1.82) is 0 Å². The number of hydrogen-bond acceptors (Lipinski definition) is 6. The second kappa shape index (κ2) is 10.5. The third-order valence-electron chi connectivity index (χ3n) is 6.93. The Labute approximate surface area is 203 Å². The molecule has 34 heavy (non-hydrogen) atoms. The first-order valence-electron chi connectivity index (χ1n) is 12.3. The lowest BCUT2D eigenvalue weighted by Crippen LogP contribution is -2.19. The van der Waals surface area contributed by atoms with Crippen molar-refractivity contribution in [1.82, 2.24) is 4.68 Å². The average Bonchev–Trinajstić information content (AvgIpc) is 3.51. The van der Waals surface area contributed by atoms with Crippen LogP contribution in [0.1, 0.15) is 81.4 Å². The van der Waals surface area contributed by atoms with Crippen LogP contribution in [0.3, 0.4) is 0 Å². The molecular formula is C26H30N4O3S. The minimum absolute atomic E-state index is 0.289. The number of benzene rings is 1. The molecule has 0 unspecified atom stereocenters. The van der Waals surface area contributed by atoms with Gasteiger partial charge in [0.15, 0.2) is 5.76 Å². The quantitative estimate of drug-likeness (QED) is 0.220. The maximum atomic E-state index is 11.0. The van der Waals surface area contributed by atoms with Crippen molar-refractivity contribution in [2.75, 3.05) is 0 Å². The predicted octanol–water partition coefficient (Wildman–Crippen LogP) is 6.88. The van der Waals surface area contributed by atoms with E-state index in [1.807, 2.05) is 4.68 Å². The fourth-order valence-corrected chi connectivity index (χ4v) is 5.96. The minimum atomic E-state index is -0.543. The molecule has 0 radical (unpaired) electrons. The third-order valence-corrected chi connectivity index (χ3v) is 7.76. The van der Waals surface area contributed by atoms with Crippen LogP contribution in [0.15, 0.2) is 56.3 Å². The first-order valence-corrected chi connectivity index (χ1v) is 13.2. The van der Waals surface area contributed by atoms with Gasteiger partial charge in [0.05, 0.1) is 24.0 Å². The fourth-order valence-electron chi connectivity index (χ4n) is 5.05. The van der Waals surface area contributed by atoms with Crippen molar-refractivity contribution in [3.05, 3.63) is 68.0 Å². The molecule has 0 aliphatic heterocycles. The van der Waals surface area contributed by atoms with Crippen molar-refractivity contribution in [3.63, 3.8) is 0 Å². The Kier molecular flexibility index (Phi) is 7.04. The summed E-state index contributed by atoms with van der Waals surface area (Å²) in [7, 11) is 0. The number of nitro groups is 1. The van der Waals surface area contributed by atoms with Gasteiger partial charge in [-0.15, -0.1) is 11.3 Å². The molecule has 0 saturated heterocycles. The van der Waals surface area contributed by atoms with E-state index in [0.717, 1.165) is 28.9 Å². The molecule has 0 spiro atoms. The molecule has 2 aliphatic rings. The molecule has 2 fully saturated rings. The van der Waals surface area contributed by atoms with Crippen LogP contribution in [0, 0.1) is 10.1 Å². The molecular weight excluding hydrogens is 448 g/mol. The average molecular weight is 479 g/mol. The van der Waals surface area contributed by atoms with Crippen LogP contribution < -0.4 is 4.80 Å². The monoisotopic (exact) mass is 478 g/mol. The highest BCUT2D eigenvalue weighted by molar-refractivity contribution is 7.07. The Morgan fingerprint density at radius 1 is 0.971 bits per heavy atom. The summed E-state index contributed by atoms with van der Waals surface area (Å²) in [6.07, 6.45) is 14.0. The normalized spacial score (nSPS) is 18.6. The summed E-state index contributed by atoms with van der Waals surface area (Å²) in [5, 5.41) is 17.7. The Balaban J connectivity index is 1.48. The van der Waals surface area contributed by atoms with Crippen LogP contribution >= 0.6 is 11.3 Å². The Morgan fingerprint density at radius 3 is 2.35 bits per heavy atom. The molecule has 7 nitrogen and oxygen atoms in total. The molecule has 1 aromatic carbocycles. The van der Waals surface area contributed by atoms with Crippen LogP contribution in [0.25, 0.3) is 11.3 Å². The second-order valence-corrected chi connectivity index (χ2v) is 10.1. The molecule has 8 heteroatoms. The van der Waals surface area contributed by atoms with E-state index in [2.05, 4.69) is 34.7 Å². The van der Waals surface area contributed by atoms with Crippen LogP contribution in [0.4, 0.5) is 5.88 Å². The van der Waals surface area contributed by atoms with Crippen molar-refractivity contribution in [2.24, 2.45) is 10.1 Å². The molecule has 2 aliphatic carbocycles. The van der Waals surface area contributed by atoms with Gasteiger partial charge in [-0.1, -0.05) is 62.8 Å². The first-order chi connectivity index (χ1) is 16.7. The minimum Gasteiger partial charge on any atom is -0.400 e. The first kappa shape index (κ1) is 22.8. The highest BCUT2D eigenvalue weighted by atomic mass is 32.1. The van der Waals surface area contributed by atoms with Gasteiger partial charge >= 0.3 is 5.88 Å². The standard InChI is InChI=1S/C26H30N4O3S/c31-30(32)25-16-15-23(33-25)17-27-29-24(18-34-26(29)28-22-9-5-2-6-10-22)21-13-11-20(12-14-21)19-7-3-1-4-8-19/h11-19,22H,1-10H2. The molecule has 0 amide bonds. The predicted molar refractivity (Wildman–Crippen MR) is 134 cm³/mol. The number of nitrogens with zero attached hydrogens (tertiary/aromatic N) is 4. The third kappa shape index (κ3) is 5.22. The summed E-state index contributed by atoms with van der Waals surface area (Å²) in [4.78, 5) is 16.3. The maximum Gasteiger partial charge on any atom is 0.433 e. The molecule has 0 N–H and O–H groups in total. The van der Waals surface area contributed by atoms with Gasteiger partial charge in [0.1, 0.15) is 4.92 Å². The van der Waals surface area contributed by atoms with E-state index in [9.17, 15) is 10.1 Å². The summed E-state index contributed by atoms with van der Waals surface area (Å²) < 4.78 is 7.12. The fraction of sp³-hybridized carbons (Fsp3) is 0.462. The molecule has 0 bridgehead atoms. The van der Waals surface area contributed by atoms with Gasteiger partial charge in [0.2, 0.25) is 4.80 Å². The van der Waals surface area contributed by atoms with Gasteiger partial charge in [-0.05, 0) is 43.2 Å². The van der Waals surface area contributed by atoms with Gasteiger partial charge in [-0.25, -0.2) is 4.68 Å². The number of aromatic nitrogens is 1. The van der Waals surface area contributed by atoms with Crippen molar-refractivity contribution < 1.29 is 9.34 Å². The zero-order chi connectivity index (χ0) is 23.3. The number of hydrogen-bond donors (Lipinski definition) is 0. The Bertz CT molecular complexity index is 1210. The van der Waals surface area contributed by atoms with Crippen LogP contribution in [0.2, 0.25) is 0 Å². The molecule has 2 aromatic heterocycles. The van der Waals surface area contributed by atoms with Gasteiger partial charge < -0.3 is 4.42 Å². The summed E-state index contributed by atoms with van der Waals surface area (Å²) in [6, 6.07) is 12.1. The van der Waals surface area contributed by atoms with E-state index >= 15 is 0 Å². The Hall–Kier alpha value is -3.00. The number of rotatable bonds is 6. The molecule has 178 valence electrons. The summed E-state index contributed by atoms with van der Waals surface area (Å²) in [5.41, 5.74) is 3.47. The highest BCUT2D eigenvalue weighted by Gasteiger charge is 2.17. The van der Waals surface area contributed by atoms with Gasteiger partial charge in [0.25, 0.3) is 0 Å². The van der Waals surface area contributed by atoms with Crippen LogP contribution in [-0.4, -0.2) is 21.9 Å². The number of furan rings is 1. The topological polar surface area (TPSA) is 85.9 Å². The van der Waals surface area contributed by atoms with Crippen molar-refractivity contribution in [2.45, 2.75) is 76.2 Å². The Morgan fingerprint density at radius 2 is 1.68 bits per heavy atom. The largest absolute Gasteiger partial charge is 0.433 e. The summed E-state index contributed by atoms with van der Waals surface area (Å²) >= 11 is 1.59. The van der Waals surface area contributed by atoms with E-state index in [-0.39, 0.29) is 5.88 Å². The molecule has 0 atom stereocenters. The van der Waals surface area contributed by atoms with E-state index in [4.69, 9.17) is 9.41 Å². The van der Waals surface area contributed by atoms with Crippen LogP contribution in [0.5, 0.6) is 0 Å². The van der Waals surface area contributed by atoms with E-state index in [0.29, 0.717) is 17.7 Å². The lowest BCUT2D eigenvalue weighted by Gasteiger charge is -2.22. The van der Waals surface area contributed by atoms with Gasteiger partial charge in [-0.2, -0.15) is 5.10 Å². The molecule has 2 heterocycles. The number of thiazole rings is 1. The van der Waals surface area contributed by atoms with Crippen molar-refractivity contribution >= 4 is 23.4 Å².